The molecule has 28 heavy (non-hydrogen) atoms. The Hall–Kier alpha value is -0.910. The van der Waals surface area contributed by atoms with Crippen molar-refractivity contribution < 1.29 is 9.53 Å². The number of carbonyl (C=O) groups is 1. The molecule has 3 rings (SSSR count). The van der Waals surface area contributed by atoms with Gasteiger partial charge in [0.1, 0.15) is 0 Å². The highest BCUT2D eigenvalue weighted by Crippen LogP contribution is 2.25. The third kappa shape index (κ3) is 6.57. The Labute approximate surface area is 188 Å². The summed E-state index contributed by atoms with van der Waals surface area (Å²) in [6.45, 7) is 7.59. The second-order valence-electron chi connectivity index (χ2n) is 7.06. The number of carbonyl (C=O) groups excluding carboxylic acids is 1. The lowest BCUT2D eigenvalue weighted by Crippen LogP contribution is -2.51. The summed E-state index contributed by atoms with van der Waals surface area (Å²) < 4.78 is 5.52. The van der Waals surface area contributed by atoms with E-state index in [1.807, 2.05) is 11.9 Å². The van der Waals surface area contributed by atoms with Gasteiger partial charge in [-0.2, -0.15) is 0 Å². The minimum absolute atomic E-state index is 0. The van der Waals surface area contributed by atoms with E-state index in [9.17, 15) is 4.79 Å². The van der Waals surface area contributed by atoms with Crippen LogP contribution in [0.4, 0.5) is 0 Å². The number of aliphatic imine (C=N–C) groups is 1. The van der Waals surface area contributed by atoms with Crippen LogP contribution < -0.4 is 10.6 Å². The predicted octanol–water partition coefficient (Wildman–Crippen LogP) is 1.92. The number of guanidine groups is 1. The molecule has 2 aliphatic rings. The van der Waals surface area contributed by atoms with E-state index in [1.165, 1.54) is 4.88 Å². The minimum Gasteiger partial charge on any atom is -0.379 e. The van der Waals surface area contributed by atoms with Crippen LogP contribution in [0.1, 0.15) is 30.7 Å². The van der Waals surface area contributed by atoms with E-state index in [-0.39, 0.29) is 29.9 Å². The van der Waals surface area contributed by atoms with Gasteiger partial charge < -0.3 is 20.3 Å². The first-order chi connectivity index (χ1) is 13.2. The maximum absolute atomic E-state index is 11.5. The second kappa shape index (κ2) is 11.9. The van der Waals surface area contributed by atoms with E-state index in [1.54, 1.807) is 18.3 Å². The molecular formula is C19H32IN5O2S. The molecule has 1 aromatic rings. The molecule has 2 N–H and O–H groups in total. The van der Waals surface area contributed by atoms with Crippen molar-refractivity contribution in [2.24, 2.45) is 4.99 Å². The third-order valence-electron chi connectivity index (χ3n) is 5.33. The number of halogens is 1. The molecule has 0 saturated carbocycles. The molecule has 2 saturated heterocycles. The number of hydrogen-bond donors (Lipinski definition) is 2. The van der Waals surface area contributed by atoms with Crippen molar-refractivity contribution in [2.45, 2.75) is 31.8 Å². The molecule has 0 spiro atoms. The van der Waals surface area contributed by atoms with E-state index < -0.39 is 0 Å². The SMILES string of the molecule is CN=C(NCC(c1cccs1)N1CCOCC1)NC1CCN(C(C)=O)CC1.I. The molecule has 1 amide bonds. The standard InChI is InChI=1S/C19H31N5O2S.HI/c1-15(25)23-7-5-16(6-8-23)22-19(20-2)21-14-17(18-4-3-13-27-18)24-9-11-26-12-10-24;/h3-4,13,16-17H,5-12,14H2,1-2H3,(H2,20,21,22);1H. The lowest BCUT2D eigenvalue weighted by Gasteiger charge is -2.35. The van der Waals surface area contributed by atoms with Gasteiger partial charge in [-0.05, 0) is 24.3 Å². The van der Waals surface area contributed by atoms with Crippen LogP contribution in [0.15, 0.2) is 22.5 Å². The monoisotopic (exact) mass is 521 g/mol. The summed E-state index contributed by atoms with van der Waals surface area (Å²) in [5, 5.41) is 9.19. The van der Waals surface area contributed by atoms with Crippen LogP contribution in [0.2, 0.25) is 0 Å². The van der Waals surface area contributed by atoms with Gasteiger partial charge in [0, 0.05) is 57.6 Å². The van der Waals surface area contributed by atoms with Crippen molar-refractivity contribution in [1.29, 1.82) is 0 Å². The van der Waals surface area contributed by atoms with Crippen molar-refractivity contribution in [3.8, 4) is 0 Å². The van der Waals surface area contributed by atoms with Gasteiger partial charge >= 0.3 is 0 Å². The molecular weight excluding hydrogens is 489 g/mol. The average Bonchev–Trinajstić information content (AvgIpc) is 3.23. The molecule has 2 aliphatic heterocycles. The van der Waals surface area contributed by atoms with Gasteiger partial charge in [0.2, 0.25) is 5.91 Å². The van der Waals surface area contributed by atoms with Crippen LogP contribution in [0.3, 0.4) is 0 Å². The second-order valence-corrected chi connectivity index (χ2v) is 8.04. The van der Waals surface area contributed by atoms with Gasteiger partial charge in [-0.1, -0.05) is 6.07 Å². The molecule has 0 radical (unpaired) electrons. The number of thiophene rings is 1. The highest BCUT2D eigenvalue weighted by molar-refractivity contribution is 14.0. The summed E-state index contributed by atoms with van der Waals surface area (Å²) in [5.41, 5.74) is 0. The first kappa shape index (κ1) is 23.4. The van der Waals surface area contributed by atoms with Crippen molar-refractivity contribution >= 4 is 47.2 Å². The predicted molar refractivity (Wildman–Crippen MR) is 125 cm³/mol. The fourth-order valence-corrected chi connectivity index (χ4v) is 4.56. The van der Waals surface area contributed by atoms with Gasteiger partial charge in [-0.15, -0.1) is 35.3 Å². The lowest BCUT2D eigenvalue weighted by molar-refractivity contribution is -0.129. The van der Waals surface area contributed by atoms with E-state index in [4.69, 9.17) is 4.74 Å². The number of rotatable bonds is 5. The normalized spacial score (nSPS) is 20.4. The fraction of sp³-hybridized carbons (Fsp3) is 0.684. The third-order valence-corrected chi connectivity index (χ3v) is 6.30. The maximum Gasteiger partial charge on any atom is 0.219 e. The first-order valence-corrected chi connectivity index (χ1v) is 10.6. The summed E-state index contributed by atoms with van der Waals surface area (Å²) in [7, 11) is 1.81. The van der Waals surface area contributed by atoms with Gasteiger partial charge in [0.25, 0.3) is 0 Å². The van der Waals surface area contributed by atoms with Gasteiger partial charge in [-0.3, -0.25) is 14.7 Å². The lowest BCUT2D eigenvalue weighted by atomic mass is 10.1. The Morgan fingerprint density at radius 2 is 2.04 bits per heavy atom. The Morgan fingerprint density at radius 1 is 1.32 bits per heavy atom. The van der Waals surface area contributed by atoms with Crippen LogP contribution >= 0.6 is 35.3 Å². The zero-order valence-corrected chi connectivity index (χ0v) is 19.9. The minimum atomic E-state index is 0. The molecule has 9 heteroatoms. The van der Waals surface area contributed by atoms with E-state index >= 15 is 0 Å². The molecule has 0 aliphatic carbocycles. The zero-order chi connectivity index (χ0) is 19.1. The molecule has 0 bridgehead atoms. The van der Waals surface area contributed by atoms with Gasteiger partial charge in [-0.25, -0.2) is 0 Å². The fourth-order valence-electron chi connectivity index (χ4n) is 3.70. The average molecular weight is 521 g/mol. The molecule has 1 aromatic heterocycles. The molecule has 1 atom stereocenters. The van der Waals surface area contributed by atoms with Crippen molar-refractivity contribution in [3.05, 3.63) is 22.4 Å². The van der Waals surface area contributed by atoms with Crippen molar-refractivity contribution in [2.75, 3.05) is 53.0 Å². The number of nitrogens with one attached hydrogen (secondary N) is 2. The Kier molecular flexibility index (Phi) is 9.96. The Bertz CT molecular complexity index is 614. The molecule has 7 nitrogen and oxygen atoms in total. The highest BCUT2D eigenvalue weighted by Gasteiger charge is 2.25. The van der Waals surface area contributed by atoms with Crippen LogP contribution in [0, 0.1) is 0 Å². The first-order valence-electron chi connectivity index (χ1n) is 9.75. The van der Waals surface area contributed by atoms with E-state index in [2.05, 4.69) is 38.0 Å². The molecule has 1 unspecified atom stereocenters. The Morgan fingerprint density at radius 3 is 2.61 bits per heavy atom. The largest absolute Gasteiger partial charge is 0.379 e. The van der Waals surface area contributed by atoms with Crippen LogP contribution in [-0.2, 0) is 9.53 Å². The van der Waals surface area contributed by atoms with Crippen LogP contribution in [0.5, 0.6) is 0 Å². The topological polar surface area (TPSA) is 69.2 Å². The summed E-state index contributed by atoms with van der Waals surface area (Å²) in [6.07, 6.45) is 1.91. The summed E-state index contributed by atoms with van der Waals surface area (Å²) in [4.78, 5) is 21.7. The van der Waals surface area contributed by atoms with E-state index in [0.29, 0.717) is 12.1 Å². The van der Waals surface area contributed by atoms with Crippen LogP contribution in [0.25, 0.3) is 0 Å². The van der Waals surface area contributed by atoms with Gasteiger partial charge in [0.05, 0.1) is 19.3 Å². The number of hydrogen-bond acceptors (Lipinski definition) is 5. The molecule has 3 heterocycles. The molecule has 158 valence electrons. The van der Waals surface area contributed by atoms with Gasteiger partial charge in [0.15, 0.2) is 5.96 Å². The number of amides is 1. The zero-order valence-electron chi connectivity index (χ0n) is 16.7. The number of morpholine rings is 1. The van der Waals surface area contributed by atoms with Crippen molar-refractivity contribution in [1.82, 2.24) is 20.4 Å². The van der Waals surface area contributed by atoms with Crippen molar-refractivity contribution in [3.63, 3.8) is 0 Å². The smallest absolute Gasteiger partial charge is 0.219 e. The van der Waals surface area contributed by atoms with Crippen LogP contribution in [-0.4, -0.2) is 80.7 Å². The summed E-state index contributed by atoms with van der Waals surface area (Å²) in [5.74, 6) is 1.01. The number of ether oxygens (including phenoxy) is 1. The quantitative estimate of drug-likeness (QED) is 0.352. The molecule has 2 fully saturated rings. The summed E-state index contributed by atoms with van der Waals surface area (Å²) in [6, 6.07) is 5.01. The highest BCUT2D eigenvalue weighted by atomic mass is 127. The van der Waals surface area contributed by atoms with E-state index in [0.717, 1.165) is 64.7 Å². The molecule has 0 aromatic carbocycles. The summed E-state index contributed by atoms with van der Waals surface area (Å²) >= 11 is 1.80. The Balaban J connectivity index is 0.00000280. The number of nitrogens with zero attached hydrogens (tertiary/aromatic N) is 3. The number of piperidine rings is 1. The maximum atomic E-state index is 11.5. The number of likely N-dealkylation sites (tertiary alicyclic amines) is 1.